The third-order valence-electron chi connectivity index (χ3n) is 2.51. The van der Waals surface area contributed by atoms with Crippen molar-refractivity contribution in [1.82, 2.24) is 4.90 Å². The Labute approximate surface area is 102 Å². The molecule has 0 aliphatic carbocycles. The molecule has 1 atom stereocenters. The van der Waals surface area contributed by atoms with Crippen molar-refractivity contribution in [2.24, 2.45) is 5.73 Å². The van der Waals surface area contributed by atoms with Gasteiger partial charge in [-0.3, -0.25) is 0 Å². The minimum atomic E-state index is -1.09. The van der Waals surface area contributed by atoms with Gasteiger partial charge in [-0.25, -0.2) is 9.18 Å². The third kappa shape index (κ3) is 4.34. The van der Waals surface area contributed by atoms with Gasteiger partial charge in [0.05, 0.1) is 0 Å². The van der Waals surface area contributed by atoms with Crippen LogP contribution in [0.25, 0.3) is 0 Å². The molecule has 1 aliphatic heterocycles. The Balaban J connectivity index is 2.51. The van der Waals surface area contributed by atoms with Crippen LogP contribution in [-0.2, 0) is 4.74 Å². The number of nitrogens with zero attached hydrogens (tertiary/aromatic N) is 1. The topological polar surface area (TPSA) is 55.6 Å². The maximum absolute atomic E-state index is 13.3. The largest absolute Gasteiger partial charge is 0.444 e. The number of nitrogens with two attached hydrogens (primary N) is 1. The fourth-order valence-corrected chi connectivity index (χ4v) is 1.61. The van der Waals surface area contributed by atoms with E-state index in [1.807, 2.05) is 20.8 Å². The number of carbonyl (C=O) groups excluding carboxylic acids is 1. The minimum Gasteiger partial charge on any atom is -0.444 e. The maximum atomic E-state index is 13.3. The first-order chi connectivity index (χ1) is 7.83. The molecule has 1 rings (SSSR count). The first-order valence-electron chi connectivity index (χ1n) is 5.84. The van der Waals surface area contributed by atoms with Crippen molar-refractivity contribution in [2.75, 3.05) is 19.6 Å². The first-order valence-corrected chi connectivity index (χ1v) is 5.84. The number of amides is 1. The average Bonchev–Trinajstić information content (AvgIpc) is 2.26. The second kappa shape index (κ2) is 5.49. The maximum Gasteiger partial charge on any atom is 0.410 e. The Morgan fingerprint density at radius 1 is 1.65 bits per heavy atom. The molecule has 1 unspecified atom stereocenters. The van der Waals surface area contributed by atoms with Gasteiger partial charge in [0.1, 0.15) is 11.8 Å². The van der Waals surface area contributed by atoms with Gasteiger partial charge in [-0.05, 0) is 32.8 Å². The summed E-state index contributed by atoms with van der Waals surface area (Å²) in [5, 5.41) is 0. The number of hydrogen-bond donors (Lipinski definition) is 1. The van der Waals surface area contributed by atoms with Crippen molar-refractivity contribution >= 4 is 6.09 Å². The molecule has 0 saturated heterocycles. The van der Waals surface area contributed by atoms with E-state index in [1.54, 1.807) is 11.0 Å². The zero-order valence-electron chi connectivity index (χ0n) is 10.7. The number of hydrogen-bond acceptors (Lipinski definition) is 3. The van der Waals surface area contributed by atoms with E-state index in [-0.39, 0.29) is 12.6 Å². The fourth-order valence-electron chi connectivity index (χ4n) is 1.61. The molecular formula is C12H21FN2O2. The quantitative estimate of drug-likeness (QED) is 0.754. The van der Waals surface area contributed by atoms with Crippen molar-refractivity contribution in [1.29, 1.82) is 0 Å². The monoisotopic (exact) mass is 244 g/mol. The molecule has 0 fully saturated rings. The van der Waals surface area contributed by atoms with Crippen LogP contribution in [0.2, 0.25) is 0 Å². The summed E-state index contributed by atoms with van der Waals surface area (Å²) in [4.78, 5) is 13.3. The molecule has 0 aromatic carbocycles. The van der Waals surface area contributed by atoms with Gasteiger partial charge in [0.2, 0.25) is 0 Å². The summed E-state index contributed by atoms with van der Waals surface area (Å²) >= 11 is 0. The average molecular weight is 244 g/mol. The van der Waals surface area contributed by atoms with E-state index in [0.29, 0.717) is 25.1 Å². The summed E-state index contributed by atoms with van der Waals surface area (Å²) in [5.41, 5.74) is 5.45. The van der Waals surface area contributed by atoms with E-state index >= 15 is 0 Å². The summed E-state index contributed by atoms with van der Waals surface area (Å²) < 4.78 is 18.5. The number of carbonyl (C=O) groups is 1. The summed E-state index contributed by atoms with van der Waals surface area (Å²) in [6, 6.07) is 0. The van der Waals surface area contributed by atoms with Gasteiger partial charge in [0.25, 0.3) is 0 Å². The number of alkyl halides is 1. The second-order valence-electron chi connectivity index (χ2n) is 5.16. The lowest BCUT2D eigenvalue weighted by Gasteiger charge is -2.30. The zero-order chi connectivity index (χ0) is 13.1. The second-order valence-corrected chi connectivity index (χ2v) is 5.16. The molecule has 0 saturated carbocycles. The number of rotatable bonds is 2. The SMILES string of the molecule is CC(C)(C)OC(=O)N1CC=C(C(F)CN)CC1. The van der Waals surface area contributed by atoms with E-state index in [0.717, 1.165) is 0 Å². The third-order valence-corrected chi connectivity index (χ3v) is 2.51. The summed E-state index contributed by atoms with van der Waals surface area (Å²) in [5.74, 6) is 0. The Kier molecular flexibility index (Phi) is 4.51. The zero-order valence-corrected chi connectivity index (χ0v) is 10.7. The Morgan fingerprint density at radius 2 is 2.29 bits per heavy atom. The first kappa shape index (κ1) is 14.0. The molecule has 0 aromatic rings. The molecule has 0 bridgehead atoms. The van der Waals surface area contributed by atoms with Crippen molar-refractivity contribution in [3.63, 3.8) is 0 Å². The van der Waals surface area contributed by atoms with Gasteiger partial charge < -0.3 is 15.4 Å². The van der Waals surface area contributed by atoms with E-state index < -0.39 is 11.8 Å². The molecular weight excluding hydrogens is 223 g/mol. The van der Waals surface area contributed by atoms with E-state index in [4.69, 9.17) is 10.5 Å². The predicted octanol–water partition coefficient (Wildman–Crippen LogP) is 1.85. The highest BCUT2D eigenvalue weighted by molar-refractivity contribution is 5.68. The molecule has 17 heavy (non-hydrogen) atoms. The van der Waals surface area contributed by atoms with Crippen molar-refractivity contribution in [3.05, 3.63) is 11.6 Å². The highest BCUT2D eigenvalue weighted by Crippen LogP contribution is 2.18. The lowest BCUT2D eigenvalue weighted by molar-refractivity contribution is 0.0263. The van der Waals surface area contributed by atoms with Gasteiger partial charge >= 0.3 is 6.09 Å². The summed E-state index contributed by atoms with van der Waals surface area (Å²) in [6.45, 7) is 6.34. The van der Waals surface area contributed by atoms with E-state index in [9.17, 15) is 9.18 Å². The van der Waals surface area contributed by atoms with Crippen molar-refractivity contribution in [2.45, 2.75) is 39.0 Å². The summed E-state index contributed by atoms with van der Waals surface area (Å²) in [7, 11) is 0. The Hall–Kier alpha value is -1.10. The van der Waals surface area contributed by atoms with Crippen LogP contribution in [-0.4, -0.2) is 42.4 Å². The predicted molar refractivity (Wildman–Crippen MR) is 64.5 cm³/mol. The molecule has 0 spiro atoms. The summed E-state index contributed by atoms with van der Waals surface area (Å²) in [6.07, 6.45) is 0.814. The van der Waals surface area contributed by atoms with Crippen LogP contribution in [0.4, 0.5) is 9.18 Å². The molecule has 98 valence electrons. The number of halogens is 1. The smallest absolute Gasteiger partial charge is 0.410 e. The molecule has 5 heteroatoms. The highest BCUT2D eigenvalue weighted by atomic mass is 19.1. The molecule has 1 aliphatic rings. The van der Waals surface area contributed by atoms with Crippen LogP contribution >= 0.6 is 0 Å². The molecule has 4 nitrogen and oxygen atoms in total. The Bertz CT molecular complexity index is 310. The fraction of sp³-hybridized carbons (Fsp3) is 0.750. The van der Waals surface area contributed by atoms with Gasteiger partial charge in [0, 0.05) is 19.6 Å². The minimum absolute atomic E-state index is 0.00172. The van der Waals surface area contributed by atoms with E-state index in [1.165, 1.54) is 0 Å². The van der Waals surface area contributed by atoms with Crippen LogP contribution in [0.1, 0.15) is 27.2 Å². The van der Waals surface area contributed by atoms with Gasteiger partial charge in [-0.2, -0.15) is 0 Å². The Morgan fingerprint density at radius 3 is 2.71 bits per heavy atom. The lowest BCUT2D eigenvalue weighted by atomic mass is 10.0. The van der Waals surface area contributed by atoms with Crippen LogP contribution in [0.15, 0.2) is 11.6 Å². The van der Waals surface area contributed by atoms with Crippen LogP contribution < -0.4 is 5.73 Å². The molecule has 0 radical (unpaired) electrons. The van der Waals surface area contributed by atoms with Crippen molar-refractivity contribution in [3.8, 4) is 0 Å². The van der Waals surface area contributed by atoms with Gasteiger partial charge in [0.15, 0.2) is 0 Å². The van der Waals surface area contributed by atoms with Gasteiger partial charge in [-0.15, -0.1) is 0 Å². The molecule has 1 heterocycles. The highest BCUT2D eigenvalue weighted by Gasteiger charge is 2.25. The standard InChI is InChI=1S/C12H21FN2O2/c1-12(2,3)17-11(16)15-6-4-9(5-7-15)10(13)8-14/h4,10H,5-8,14H2,1-3H3. The molecule has 2 N–H and O–H groups in total. The molecule has 1 amide bonds. The lowest BCUT2D eigenvalue weighted by Crippen LogP contribution is -2.40. The number of ether oxygens (including phenoxy) is 1. The van der Waals surface area contributed by atoms with E-state index in [2.05, 4.69) is 0 Å². The van der Waals surface area contributed by atoms with Crippen LogP contribution in [0, 0.1) is 0 Å². The van der Waals surface area contributed by atoms with Crippen LogP contribution in [0.3, 0.4) is 0 Å². The normalized spacial score (nSPS) is 18.6. The van der Waals surface area contributed by atoms with Crippen molar-refractivity contribution < 1.29 is 13.9 Å². The van der Waals surface area contributed by atoms with Gasteiger partial charge in [-0.1, -0.05) is 6.08 Å². The van der Waals surface area contributed by atoms with Crippen LogP contribution in [0.5, 0.6) is 0 Å². The molecule has 0 aromatic heterocycles.